The maximum absolute atomic E-state index is 14.3. The van der Waals surface area contributed by atoms with Gasteiger partial charge in [0.15, 0.2) is 0 Å². The van der Waals surface area contributed by atoms with Crippen molar-refractivity contribution < 1.29 is 31.9 Å². The summed E-state index contributed by atoms with van der Waals surface area (Å²) in [6.45, 7) is 2.63. The minimum Gasteiger partial charge on any atom is -0.449 e. The van der Waals surface area contributed by atoms with Crippen LogP contribution in [0, 0.1) is 17.1 Å². The molecule has 0 fully saturated rings. The molecule has 1 N–H and O–H groups in total. The van der Waals surface area contributed by atoms with Crippen LogP contribution in [0.3, 0.4) is 0 Å². The highest BCUT2D eigenvalue weighted by atomic mass is 19.4. The molecule has 1 unspecified atom stereocenters. The second-order valence-electron chi connectivity index (χ2n) is 5.29. The van der Waals surface area contributed by atoms with Crippen LogP contribution >= 0.6 is 0 Å². The molecule has 0 bridgehead atoms. The lowest BCUT2D eigenvalue weighted by molar-refractivity contribution is -0.137. The van der Waals surface area contributed by atoms with E-state index < -0.39 is 41.3 Å². The molecule has 2 rings (SSSR count). The van der Waals surface area contributed by atoms with Gasteiger partial charge in [0.1, 0.15) is 11.9 Å². The molecule has 1 aliphatic rings. The van der Waals surface area contributed by atoms with Gasteiger partial charge in [0.05, 0.1) is 23.8 Å². The third-order valence-electron chi connectivity index (χ3n) is 3.65. The summed E-state index contributed by atoms with van der Waals surface area (Å²) in [5, 5.41) is 11.6. The summed E-state index contributed by atoms with van der Waals surface area (Å²) < 4.78 is 58.0. The van der Waals surface area contributed by atoms with Crippen molar-refractivity contribution in [3.8, 4) is 6.07 Å². The van der Waals surface area contributed by atoms with Crippen molar-refractivity contribution in [2.24, 2.45) is 0 Å². The summed E-state index contributed by atoms with van der Waals surface area (Å²) in [6.07, 6.45) is -5.99. The summed E-state index contributed by atoms with van der Waals surface area (Å²) in [4.78, 5) is 24.7. The molecule has 1 heterocycles. The van der Waals surface area contributed by atoms with Crippen molar-refractivity contribution >= 4 is 12.1 Å². The van der Waals surface area contributed by atoms with Crippen LogP contribution in [0.25, 0.3) is 0 Å². The maximum atomic E-state index is 14.3. The number of rotatable bonds is 2. The zero-order valence-corrected chi connectivity index (χ0v) is 13.6. The number of hydrogen-bond acceptors (Lipinski definition) is 4. The first-order valence-electron chi connectivity index (χ1n) is 7.36. The van der Waals surface area contributed by atoms with E-state index in [1.54, 1.807) is 6.07 Å². The molecule has 6 nitrogen and oxygen atoms in total. The van der Waals surface area contributed by atoms with Gasteiger partial charge in [-0.1, -0.05) is 0 Å². The highest BCUT2D eigenvalue weighted by Gasteiger charge is 2.42. The molecule has 1 aliphatic heterocycles. The first-order chi connectivity index (χ1) is 12.1. The molecule has 1 aromatic carbocycles. The number of carbonyl (C=O) groups excluding carboxylic acids is 2. The molecule has 0 radical (unpaired) electrons. The largest absolute Gasteiger partial charge is 0.449 e. The summed E-state index contributed by atoms with van der Waals surface area (Å²) in [5.74, 6) is -1.10. The fourth-order valence-electron chi connectivity index (χ4n) is 2.49. The van der Waals surface area contributed by atoms with E-state index in [4.69, 9.17) is 4.74 Å². The Bertz CT molecular complexity index is 827. The van der Waals surface area contributed by atoms with Gasteiger partial charge < -0.3 is 10.1 Å². The molecule has 26 heavy (non-hydrogen) atoms. The number of nitriles is 1. The smallest absolute Gasteiger partial charge is 0.418 e. The minimum absolute atomic E-state index is 0.000129. The lowest BCUT2D eigenvalue weighted by Gasteiger charge is -2.34. The summed E-state index contributed by atoms with van der Waals surface area (Å²) in [7, 11) is 0. The number of alkyl halides is 3. The summed E-state index contributed by atoms with van der Waals surface area (Å²) >= 11 is 0. The number of urea groups is 1. The lowest BCUT2D eigenvalue weighted by Crippen LogP contribution is -2.50. The fourth-order valence-corrected chi connectivity index (χ4v) is 2.49. The topological polar surface area (TPSA) is 82.4 Å². The number of imide groups is 1. The van der Waals surface area contributed by atoms with E-state index in [1.165, 1.54) is 13.8 Å². The van der Waals surface area contributed by atoms with Crippen LogP contribution in [0.1, 0.15) is 31.0 Å². The van der Waals surface area contributed by atoms with Crippen LogP contribution in [-0.2, 0) is 10.9 Å². The van der Waals surface area contributed by atoms with Crippen LogP contribution in [0.15, 0.2) is 29.5 Å². The van der Waals surface area contributed by atoms with Crippen molar-refractivity contribution in [1.82, 2.24) is 10.2 Å². The molecule has 10 heteroatoms. The van der Waals surface area contributed by atoms with Gasteiger partial charge in [-0.15, -0.1) is 0 Å². The van der Waals surface area contributed by atoms with Crippen molar-refractivity contribution in [3.05, 3.63) is 46.4 Å². The first-order valence-corrected chi connectivity index (χ1v) is 7.36. The van der Waals surface area contributed by atoms with E-state index in [2.05, 4.69) is 5.32 Å². The van der Waals surface area contributed by atoms with E-state index in [1.807, 2.05) is 0 Å². The number of allylic oxidation sites excluding steroid dienone is 1. The van der Waals surface area contributed by atoms with E-state index in [0.29, 0.717) is 23.1 Å². The van der Waals surface area contributed by atoms with Crippen molar-refractivity contribution in [2.75, 3.05) is 6.61 Å². The molecular weight excluding hydrogens is 358 g/mol. The SMILES string of the molecule is CCOC(=O)N1C(=O)NC(C)=C(C#N)C1c1cc(C(F)(F)F)ccc1F. The average Bonchev–Trinajstić information content (AvgIpc) is 2.53. The average molecular weight is 371 g/mol. The molecule has 3 amide bonds. The van der Waals surface area contributed by atoms with Gasteiger partial charge in [0.25, 0.3) is 0 Å². The second-order valence-corrected chi connectivity index (χ2v) is 5.29. The van der Waals surface area contributed by atoms with E-state index >= 15 is 0 Å². The van der Waals surface area contributed by atoms with Gasteiger partial charge in [0.2, 0.25) is 0 Å². The number of nitrogens with one attached hydrogen (secondary N) is 1. The van der Waals surface area contributed by atoms with Gasteiger partial charge in [-0.2, -0.15) is 18.4 Å². The normalized spacial score (nSPS) is 17.7. The molecule has 0 spiro atoms. The molecule has 1 aromatic rings. The Labute approximate surface area is 145 Å². The molecular formula is C16H13F4N3O3. The summed E-state index contributed by atoms with van der Waals surface area (Å²) in [5.41, 5.74) is -2.10. The van der Waals surface area contributed by atoms with Crippen LogP contribution < -0.4 is 5.32 Å². The molecule has 0 saturated heterocycles. The number of amides is 3. The Morgan fingerprint density at radius 2 is 2.08 bits per heavy atom. The first kappa shape index (κ1) is 19.2. The Morgan fingerprint density at radius 1 is 1.42 bits per heavy atom. The van der Waals surface area contributed by atoms with Crippen LogP contribution in [0.4, 0.5) is 27.2 Å². The van der Waals surface area contributed by atoms with Gasteiger partial charge in [0, 0.05) is 11.3 Å². The second kappa shape index (κ2) is 7.03. The van der Waals surface area contributed by atoms with E-state index in [9.17, 15) is 32.4 Å². The van der Waals surface area contributed by atoms with Gasteiger partial charge >= 0.3 is 18.3 Å². The number of ether oxygens (including phenoxy) is 1. The monoisotopic (exact) mass is 371 g/mol. The quantitative estimate of drug-likeness (QED) is 0.800. The standard InChI is InChI=1S/C16H13F4N3O3/c1-3-26-15(25)23-13(11(7-21)8(2)22-14(23)24)10-6-9(16(18,19)20)4-5-12(10)17/h4-6,13H,3H2,1-2H3,(H,22,24). The predicted octanol–water partition coefficient (Wildman–Crippen LogP) is 3.86. The number of benzene rings is 1. The number of carbonyl (C=O) groups is 2. The number of nitrogens with zero attached hydrogens (tertiary/aromatic N) is 2. The zero-order chi connectivity index (χ0) is 19.6. The Balaban J connectivity index is 2.71. The lowest BCUT2D eigenvalue weighted by atomic mass is 9.93. The molecule has 0 saturated carbocycles. The summed E-state index contributed by atoms with van der Waals surface area (Å²) in [6, 6.07) is 0.540. The number of hydrogen-bond donors (Lipinski definition) is 1. The van der Waals surface area contributed by atoms with Crippen LogP contribution in [0.5, 0.6) is 0 Å². The molecule has 1 atom stereocenters. The Hall–Kier alpha value is -3.09. The predicted molar refractivity (Wildman–Crippen MR) is 79.8 cm³/mol. The van der Waals surface area contributed by atoms with Crippen LogP contribution in [0.2, 0.25) is 0 Å². The third kappa shape index (κ3) is 3.46. The van der Waals surface area contributed by atoms with Crippen molar-refractivity contribution in [2.45, 2.75) is 26.1 Å². The van der Waals surface area contributed by atoms with E-state index in [-0.39, 0.29) is 17.9 Å². The van der Waals surface area contributed by atoms with Gasteiger partial charge in [-0.05, 0) is 32.0 Å². The van der Waals surface area contributed by atoms with Crippen LogP contribution in [-0.4, -0.2) is 23.6 Å². The Kier molecular flexibility index (Phi) is 5.20. The molecule has 138 valence electrons. The maximum Gasteiger partial charge on any atom is 0.418 e. The minimum atomic E-state index is -4.78. The molecule has 0 aliphatic carbocycles. The highest BCUT2D eigenvalue weighted by Crippen LogP contribution is 2.38. The zero-order valence-electron chi connectivity index (χ0n) is 13.6. The molecule has 0 aromatic heterocycles. The van der Waals surface area contributed by atoms with E-state index in [0.717, 1.165) is 0 Å². The Morgan fingerprint density at radius 3 is 2.62 bits per heavy atom. The van der Waals surface area contributed by atoms with Crippen molar-refractivity contribution in [1.29, 1.82) is 5.26 Å². The third-order valence-corrected chi connectivity index (χ3v) is 3.65. The highest BCUT2D eigenvalue weighted by molar-refractivity contribution is 5.94. The van der Waals surface area contributed by atoms with Gasteiger partial charge in [-0.3, -0.25) is 0 Å². The number of halogens is 4. The van der Waals surface area contributed by atoms with Gasteiger partial charge in [-0.25, -0.2) is 18.9 Å². The fraction of sp³-hybridized carbons (Fsp3) is 0.312. The van der Waals surface area contributed by atoms with Crippen molar-refractivity contribution in [3.63, 3.8) is 0 Å².